The Morgan fingerprint density at radius 1 is 0.867 bits per heavy atom. The van der Waals surface area contributed by atoms with Crippen LogP contribution in [-0.4, -0.2) is 31.3 Å². The standard InChI is InChI=1S/C23H24N2O4S/c1-16-12-17(2)25-23(24-16)15-30(27,28)22-10-6-19(7-11-22)14-20(26)13-18-4-8-21(29-3)9-5-18/h4-12H,13-15H2,1-3H3. The molecule has 7 heteroatoms. The van der Waals surface area contributed by atoms with E-state index in [1.54, 1.807) is 25.3 Å². The van der Waals surface area contributed by atoms with Gasteiger partial charge in [-0.15, -0.1) is 0 Å². The number of aryl methyl sites for hydroxylation is 2. The molecule has 156 valence electrons. The van der Waals surface area contributed by atoms with Gasteiger partial charge in [-0.3, -0.25) is 4.79 Å². The molecule has 1 heterocycles. The molecule has 2 aromatic carbocycles. The Morgan fingerprint density at radius 2 is 1.37 bits per heavy atom. The molecule has 0 aliphatic carbocycles. The van der Waals surface area contributed by atoms with E-state index in [1.165, 1.54) is 12.1 Å². The summed E-state index contributed by atoms with van der Waals surface area (Å²) in [5.41, 5.74) is 3.15. The van der Waals surface area contributed by atoms with Crippen LogP contribution >= 0.6 is 0 Å². The molecule has 0 radical (unpaired) electrons. The summed E-state index contributed by atoms with van der Waals surface area (Å²) in [4.78, 5) is 21.0. The Bertz CT molecular complexity index is 1120. The molecule has 0 bridgehead atoms. The van der Waals surface area contributed by atoms with E-state index in [0.29, 0.717) is 6.42 Å². The van der Waals surface area contributed by atoms with E-state index in [9.17, 15) is 13.2 Å². The number of rotatable bonds is 8. The Hall–Kier alpha value is -3.06. The maximum Gasteiger partial charge on any atom is 0.185 e. The van der Waals surface area contributed by atoms with Crippen molar-refractivity contribution in [3.05, 3.63) is 82.9 Å². The lowest BCUT2D eigenvalue weighted by Crippen LogP contribution is -2.10. The van der Waals surface area contributed by atoms with Crippen LogP contribution < -0.4 is 4.74 Å². The van der Waals surface area contributed by atoms with Crippen LogP contribution in [0.25, 0.3) is 0 Å². The maximum absolute atomic E-state index is 12.7. The van der Waals surface area contributed by atoms with Crippen molar-refractivity contribution >= 4 is 15.6 Å². The highest BCUT2D eigenvalue weighted by Crippen LogP contribution is 2.17. The van der Waals surface area contributed by atoms with E-state index < -0.39 is 9.84 Å². The number of benzene rings is 2. The Kier molecular flexibility index (Phi) is 6.62. The lowest BCUT2D eigenvalue weighted by atomic mass is 10.0. The van der Waals surface area contributed by atoms with Gasteiger partial charge in [-0.1, -0.05) is 24.3 Å². The minimum atomic E-state index is -3.57. The smallest absolute Gasteiger partial charge is 0.185 e. The van der Waals surface area contributed by atoms with Crippen LogP contribution in [0.1, 0.15) is 28.3 Å². The fraction of sp³-hybridized carbons (Fsp3) is 0.261. The summed E-state index contributed by atoms with van der Waals surface area (Å²) in [7, 11) is -1.97. The summed E-state index contributed by atoms with van der Waals surface area (Å²) in [6.07, 6.45) is 0.556. The van der Waals surface area contributed by atoms with Crippen molar-refractivity contribution in [2.24, 2.45) is 0 Å². The number of Topliss-reactive ketones (excluding diaryl/α,β-unsaturated/α-hetero) is 1. The number of ketones is 1. The molecule has 6 nitrogen and oxygen atoms in total. The van der Waals surface area contributed by atoms with E-state index in [0.717, 1.165) is 28.3 Å². The highest BCUT2D eigenvalue weighted by atomic mass is 32.2. The van der Waals surface area contributed by atoms with Crippen LogP contribution in [0.4, 0.5) is 0 Å². The number of ether oxygens (including phenoxy) is 1. The third-order valence-corrected chi connectivity index (χ3v) is 6.22. The molecule has 0 N–H and O–H groups in total. The van der Waals surface area contributed by atoms with Crippen molar-refractivity contribution in [1.82, 2.24) is 9.97 Å². The van der Waals surface area contributed by atoms with Gasteiger partial charge >= 0.3 is 0 Å². The second kappa shape index (κ2) is 9.17. The highest BCUT2D eigenvalue weighted by Gasteiger charge is 2.18. The number of carbonyl (C=O) groups is 1. The van der Waals surface area contributed by atoms with Crippen molar-refractivity contribution in [3.8, 4) is 5.75 Å². The summed E-state index contributed by atoms with van der Waals surface area (Å²) in [6.45, 7) is 3.62. The molecule has 3 aromatic rings. The number of nitrogens with zero attached hydrogens (tertiary/aromatic N) is 2. The van der Waals surface area contributed by atoms with E-state index >= 15 is 0 Å². The fourth-order valence-electron chi connectivity index (χ4n) is 3.19. The predicted octanol–water partition coefficient (Wildman–Crippen LogP) is 3.43. The van der Waals surface area contributed by atoms with Crippen LogP contribution in [-0.2, 0) is 33.2 Å². The molecule has 0 spiro atoms. The number of aromatic nitrogens is 2. The minimum Gasteiger partial charge on any atom is -0.497 e. The van der Waals surface area contributed by atoms with E-state index in [1.807, 2.05) is 38.1 Å². The summed E-state index contributed by atoms with van der Waals surface area (Å²) < 4.78 is 30.5. The topological polar surface area (TPSA) is 86.2 Å². The van der Waals surface area contributed by atoms with Crippen LogP contribution in [0.2, 0.25) is 0 Å². The first-order valence-electron chi connectivity index (χ1n) is 9.52. The summed E-state index contributed by atoms with van der Waals surface area (Å²) >= 11 is 0. The number of sulfone groups is 1. The summed E-state index contributed by atoms with van der Waals surface area (Å²) in [5, 5.41) is 0. The third-order valence-electron chi connectivity index (χ3n) is 4.59. The molecule has 0 aliphatic heterocycles. The minimum absolute atomic E-state index is 0.0550. The van der Waals surface area contributed by atoms with Crippen molar-refractivity contribution in [1.29, 1.82) is 0 Å². The molecule has 0 amide bonds. The van der Waals surface area contributed by atoms with Gasteiger partial charge < -0.3 is 4.74 Å². The predicted molar refractivity (Wildman–Crippen MR) is 114 cm³/mol. The van der Waals surface area contributed by atoms with Gasteiger partial charge in [0.05, 0.1) is 12.0 Å². The summed E-state index contributed by atoms with van der Waals surface area (Å²) in [5.74, 6) is 0.825. The Balaban J connectivity index is 1.65. The molecular weight excluding hydrogens is 400 g/mol. The first kappa shape index (κ1) is 21.6. The molecule has 0 aliphatic rings. The number of carbonyl (C=O) groups excluding carboxylic acids is 1. The van der Waals surface area contributed by atoms with Gasteiger partial charge in [-0.05, 0) is 55.3 Å². The van der Waals surface area contributed by atoms with Gasteiger partial charge in [0.1, 0.15) is 23.1 Å². The van der Waals surface area contributed by atoms with Crippen molar-refractivity contribution in [3.63, 3.8) is 0 Å². The van der Waals surface area contributed by atoms with Gasteiger partial charge in [0.25, 0.3) is 0 Å². The molecule has 0 unspecified atom stereocenters. The molecule has 0 fully saturated rings. The van der Waals surface area contributed by atoms with Gasteiger partial charge in [-0.25, -0.2) is 18.4 Å². The lowest BCUT2D eigenvalue weighted by molar-refractivity contribution is -0.117. The van der Waals surface area contributed by atoms with Crippen LogP contribution in [0.5, 0.6) is 5.75 Å². The average Bonchev–Trinajstić information content (AvgIpc) is 2.67. The second-order valence-corrected chi connectivity index (χ2v) is 9.20. The van der Waals surface area contributed by atoms with Crippen LogP contribution in [0.3, 0.4) is 0 Å². The average molecular weight is 425 g/mol. The van der Waals surface area contributed by atoms with Gasteiger partial charge in [0, 0.05) is 24.2 Å². The zero-order valence-electron chi connectivity index (χ0n) is 17.3. The molecule has 3 rings (SSSR count). The normalized spacial score (nSPS) is 11.3. The van der Waals surface area contributed by atoms with Gasteiger partial charge in [0.15, 0.2) is 9.84 Å². The monoisotopic (exact) mass is 424 g/mol. The Morgan fingerprint density at radius 3 is 1.87 bits per heavy atom. The first-order chi connectivity index (χ1) is 14.2. The fourth-order valence-corrected chi connectivity index (χ4v) is 4.38. The molecule has 0 saturated carbocycles. The van der Waals surface area contributed by atoms with E-state index in [4.69, 9.17) is 4.74 Å². The number of hydrogen-bond donors (Lipinski definition) is 0. The SMILES string of the molecule is COc1ccc(CC(=O)Cc2ccc(S(=O)(=O)Cc3nc(C)cc(C)n3)cc2)cc1. The van der Waals surface area contributed by atoms with Crippen LogP contribution in [0.15, 0.2) is 59.5 Å². The van der Waals surface area contributed by atoms with Gasteiger partial charge in [0.2, 0.25) is 0 Å². The molecule has 30 heavy (non-hydrogen) atoms. The second-order valence-electron chi connectivity index (χ2n) is 7.21. The largest absolute Gasteiger partial charge is 0.497 e. The zero-order chi connectivity index (χ0) is 21.7. The van der Waals surface area contributed by atoms with Crippen LogP contribution in [0, 0.1) is 13.8 Å². The van der Waals surface area contributed by atoms with Crippen molar-refractivity contribution in [2.75, 3.05) is 7.11 Å². The molecular formula is C23H24N2O4S. The van der Waals surface area contributed by atoms with E-state index in [-0.39, 0.29) is 28.7 Å². The quantitative estimate of drug-likeness (QED) is 0.551. The molecule has 0 atom stereocenters. The highest BCUT2D eigenvalue weighted by molar-refractivity contribution is 7.90. The summed E-state index contributed by atoms with van der Waals surface area (Å²) in [6, 6.07) is 15.6. The van der Waals surface area contributed by atoms with E-state index in [2.05, 4.69) is 9.97 Å². The zero-order valence-corrected chi connectivity index (χ0v) is 18.1. The number of hydrogen-bond acceptors (Lipinski definition) is 6. The third kappa shape index (κ3) is 5.73. The maximum atomic E-state index is 12.7. The van der Waals surface area contributed by atoms with Crippen molar-refractivity contribution in [2.45, 2.75) is 37.3 Å². The number of methoxy groups -OCH3 is 1. The van der Waals surface area contributed by atoms with Crippen molar-refractivity contribution < 1.29 is 17.9 Å². The first-order valence-corrected chi connectivity index (χ1v) is 11.2. The van der Waals surface area contributed by atoms with Gasteiger partial charge in [-0.2, -0.15) is 0 Å². The molecule has 0 saturated heterocycles. The molecule has 1 aromatic heterocycles. The Labute approximate surface area is 176 Å². The lowest BCUT2D eigenvalue weighted by Gasteiger charge is -2.07.